The van der Waals surface area contributed by atoms with Gasteiger partial charge in [0.15, 0.2) is 0 Å². The van der Waals surface area contributed by atoms with Crippen LogP contribution in [0.1, 0.15) is 20.3 Å². The molecule has 0 aliphatic heterocycles. The molecule has 0 saturated carbocycles. The fourth-order valence-electron chi connectivity index (χ4n) is 0.823. The van der Waals surface area contributed by atoms with E-state index in [0.29, 0.717) is 0 Å². The lowest BCUT2D eigenvalue weighted by Gasteiger charge is -2.07. The maximum atomic E-state index is 11.1. The fourth-order valence-corrected chi connectivity index (χ4v) is 0.823. The van der Waals surface area contributed by atoms with Crippen LogP contribution in [-0.2, 0) is 19.1 Å². The van der Waals surface area contributed by atoms with Gasteiger partial charge in [0.25, 0.3) is 0 Å². The minimum Gasteiger partial charge on any atom is -0.478 e. The number of carboxylic acids is 2. The lowest BCUT2D eigenvalue weighted by atomic mass is 10.1. The maximum Gasteiger partial charge on any atom is 0.372 e. The normalized spacial score (nSPS) is 11.4. The van der Waals surface area contributed by atoms with Gasteiger partial charge in [0.05, 0.1) is 5.57 Å². The highest BCUT2D eigenvalue weighted by Crippen LogP contribution is 2.13. The molecule has 0 aromatic rings. The number of rotatable bonds is 5. The van der Waals surface area contributed by atoms with Gasteiger partial charge < -0.3 is 14.9 Å². The highest BCUT2D eigenvalue weighted by Gasteiger charge is 2.23. The van der Waals surface area contributed by atoms with Gasteiger partial charge in [-0.3, -0.25) is 0 Å². The van der Waals surface area contributed by atoms with Crippen LogP contribution in [0.25, 0.3) is 0 Å². The third-order valence-electron chi connectivity index (χ3n) is 1.62. The molecule has 0 saturated heterocycles. The van der Waals surface area contributed by atoms with Crippen LogP contribution in [0.3, 0.4) is 0 Å². The van der Waals surface area contributed by atoms with E-state index in [1.54, 1.807) is 0 Å². The SMILES string of the molecule is C=C(C)C(=O)O/C(C(=O)O)=C(/CC)C(=O)O. The molecular formula is C10H12O6. The van der Waals surface area contributed by atoms with Gasteiger partial charge in [0.2, 0.25) is 5.76 Å². The second-order valence-electron chi connectivity index (χ2n) is 2.94. The maximum absolute atomic E-state index is 11.1. The number of esters is 1. The van der Waals surface area contributed by atoms with Crippen molar-refractivity contribution in [1.82, 2.24) is 0 Å². The van der Waals surface area contributed by atoms with Crippen LogP contribution in [0.2, 0.25) is 0 Å². The highest BCUT2D eigenvalue weighted by molar-refractivity contribution is 6.00. The van der Waals surface area contributed by atoms with Gasteiger partial charge in [-0.05, 0) is 13.3 Å². The largest absolute Gasteiger partial charge is 0.478 e. The van der Waals surface area contributed by atoms with Crippen LogP contribution in [0, 0.1) is 0 Å². The zero-order chi connectivity index (χ0) is 12.9. The molecule has 0 bridgehead atoms. The summed E-state index contributed by atoms with van der Waals surface area (Å²) in [7, 11) is 0. The fraction of sp³-hybridized carbons (Fsp3) is 0.300. The standard InChI is InChI=1S/C10H12O6/c1-4-6(8(11)12)7(9(13)14)16-10(15)5(2)3/h2,4H2,1,3H3,(H,11,12)(H,13,14)/b7-6-. The first-order valence-corrected chi connectivity index (χ1v) is 4.38. The van der Waals surface area contributed by atoms with Gasteiger partial charge in [0.1, 0.15) is 0 Å². The molecule has 0 aliphatic carbocycles. The summed E-state index contributed by atoms with van der Waals surface area (Å²) >= 11 is 0. The molecule has 0 rings (SSSR count). The summed E-state index contributed by atoms with van der Waals surface area (Å²) in [5.41, 5.74) is -0.485. The Morgan fingerprint density at radius 1 is 1.19 bits per heavy atom. The van der Waals surface area contributed by atoms with Crippen LogP contribution in [0.15, 0.2) is 23.5 Å². The Balaban J connectivity index is 5.30. The van der Waals surface area contributed by atoms with E-state index >= 15 is 0 Å². The molecule has 0 unspecified atom stereocenters. The van der Waals surface area contributed by atoms with Gasteiger partial charge in [0, 0.05) is 5.57 Å². The molecule has 0 atom stereocenters. The van der Waals surface area contributed by atoms with E-state index in [4.69, 9.17) is 10.2 Å². The predicted octanol–water partition coefficient (Wildman–Crippen LogP) is 0.939. The van der Waals surface area contributed by atoms with Crippen LogP contribution in [0.5, 0.6) is 0 Å². The second-order valence-corrected chi connectivity index (χ2v) is 2.94. The van der Waals surface area contributed by atoms with Gasteiger partial charge in [-0.15, -0.1) is 0 Å². The molecule has 0 amide bonds. The molecule has 0 radical (unpaired) electrons. The van der Waals surface area contributed by atoms with Crippen molar-refractivity contribution in [3.63, 3.8) is 0 Å². The molecule has 88 valence electrons. The average molecular weight is 228 g/mol. The molecular weight excluding hydrogens is 216 g/mol. The van der Waals surface area contributed by atoms with Crippen LogP contribution in [0.4, 0.5) is 0 Å². The van der Waals surface area contributed by atoms with Gasteiger partial charge in [-0.1, -0.05) is 13.5 Å². The van der Waals surface area contributed by atoms with E-state index in [1.807, 2.05) is 0 Å². The van der Waals surface area contributed by atoms with Crippen molar-refractivity contribution in [3.05, 3.63) is 23.5 Å². The van der Waals surface area contributed by atoms with Crippen molar-refractivity contribution in [2.24, 2.45) is 0 Å². The summed E-state index contributed by atoms with van der Waals surface area (Å²) in [6.45, 7) is 6.03. The summed E-state index contributed by atoms with van der Waals surface area (Å²) in [6, 6.07) is 0. The predicted molar refractivity (Wildman–Crippen MR) is 53.5 cm³/mol. The summed E-state index contributed by atoms with van der Waals surface area (Å²) in [6.07, 6.45) is -0.0690. The van der Waals surface area contributed by atoms with Crippen LogP contribution >= 0.6 is 0 Å². The minimum absolute atomic E-state index is 0.0143. The molecule has 6 nitrogen and oxygen atoms in total. The number of ether oxygens (including phenoxy) is 1. The molecule has 0 aromatic heterocycles. The Morgan fingerprint density at radius 2 is 1.69 bits per heavy atom. The molecule has 0 aliphatic rings. The Bertz CT molecular complexity index is 377. The summed E-state index contributed by atoms with van der Waals surface area (Å²) < 4.78 is 4.45. The summed E-state index contributed by atoms with van der Waals surface area (Å²) in [5.74, 6) is -4.88. The Morgan fingerprint density at radius 3 is 1.94 bits per heavy atom. The molecule has 0 spiro atoms. The lowest BCUT2D eigenvalue weighted by molar-refractivity contribution is -0.146. The van der Waals surface area contributed by atoms with E-state index in [2.05, 4.69) is 11.3 Å². The zero-order valence-electron chi connectivity index (χ0n) is 8.94. The van der Waals surface area contributed by atoms with Crippen LogP contribution < -0.4 is 0 Å². The van der Waals surface area contributed by atoms with E-state index in [-0.39, 0.29) is 12.0 Å². The van der Waals surface area contributed by atoms with E-state index in [1.165, 1.54) is 13.8 Å². The molecule has 0 fully saturated rings. The van der Waals surface area contributed by atoms with Crippen molar-refractivity contribution < 1.29 is 29.3 Å². The summed E-state index contributed by atoms with van der Waals surface area (Å²) in [4.78, 5) is 32.5. The number of carbonyl (C=O) groups is 3. The monoisotopic (exact) mass is 228 g/mol. The number of carbonyl (C=O) groups excluding carboxylic acids is 1. The Hall–Kier alpha value is -2.11. The number of carboxylic acid groups (broad SMARTS) is 2. The summed E-state index contributed by atoms with van der Waals surface area (Å²) in [5, 5.41) is 17.4. The molecule has 16 heavy (non-hydrogen) atoms. The number of aliphatic carboxylic acids is 2. The third kappa shape index (κ3) is 3.56. The lowest BCUT2D eigenvalue weighted by Crippen LogP contribution is -2.17. The van der Waals surface area contributed by atoms with Crippen molar-refractivity contribution >= 4 is 17.9 Å². The first-order valence-electron chi connectivity index (χ1n) is 4.38. The van der Waals surface area contributed by atoms with Crippen molar-refractivity contribution in [2.75, 3.05) is 0 Å². The smallest absolute Gasteiger partial charge is 0.372 e. The zero-order valence-corrected chi connectivity index (χ0v) is 8.94. The topological polar surface area (TPSA) is 101 Å². The Labute approximate surface area is 91.8 Å². The quantitative estimate of drug-likeness (QED) is 0.412. The van der Waals surface area contributed by atoms with Crippen molar-refractivity contribution in [3.8, 4) is 0 Å². The van der Waals surface area contributed by atoms with E-state index in [0.717, 1.165) is 0 Å². The number of hydrogen-bond acceptors (Lipinski definition) is 4. The average Bonchev–Trinajstić information content (AvgIpc) is 2.16. The molecule has 2 N–H and O–H groups in total. The van der Waals surface area contributed by atoms with E-state index < -0.39 is 29.2 Å². The Kier molecular flexibility index (Phi) is 4.94. The van der Waals surface area contributed by atoms with Crippen LogP contribution in [-0.4, -0.2) is 28.1 Å². The molecule has 0 aromatic carbocycles. The molecule has 0 heterocycles. The highest BCUT2D eigenvalue weighted by atomic mass is 16.6. The minimum atomic E-state index is -1.60. The second kappa shape index (κ2) is 5.69. The van der Waals surface area contributed by atoms with Gasteiger partial charge >= 0.3 is 17.9 Å². The van der Waals surface area contributed by atoms with Gasteiger partial charge in [-0.25, -0.2) is 14.4 Å². The van der Waals surface area contributed by atoms with E-state index in [9.17, 15) is 14.4 Å². The van der Waals surface area contributed by atoms with Crippen molar-refractivity contribution in [1.29, 1.82) is 0 Å². The molecule has 6 heteroatoms. The van der Waals surface area contributed by atoms with Crippen molar-refractivity contribution in [2.45, 2.75) is 20.3 Å². The first kappa shape index (κ1) is 13.9. The van der Waals surface area contributed by atoms with Gasteiger partial charge in [-0.2, -0.15) is 0 Å². The first-order chi connectivity index (χ1) is 7.31. The third-order valence-corrected chi connectivity index (χ3v) is 1.62. The number of hydrogen-bond donors (Lipinski definition) is 2.